The van der Waals surface area contributed by atoms with Crippen LogP contribution < -0.4 is 0 Å². The number of hydrogen-bond donors (Lipinski definition) is 1. The molecule has 2 saturated carbocycles. The predicted octanol–water partition coefficient (Wildman–Crippen LogP) is 0.305. The van der Waals surface area contributed by atoms with Crippen molar-refractivity contribution in [2.45, 2.75) is 31.8 Å². The molecule has 3 atom stereocenters. The van der Waals surface area contributed by atoms with Crippen molar-refractivity contribution >= 4 is 11.6 Å². The van der Waals surface area contributed by atoms with E-state index in [9.17, 15) is 14.7 Å². The summed E-state index contributed by atoms with van der Waals surface area (Å²) in [5.74, 6) is 0.0119. The van der Waals surface area contributed by atoms with Crippen LogP contribution in [-0.4, -0.2) is 22.8 Å². The van der Waals surface area contributed by atoms with Crippen molar-refractivity contribution in [1.29, 1.82) is 0 Å². The predicted molar refractivity (Wildman–Crippen MR) is 41.5 cm³/mol. The van der Waals surface area contributed by atoms with Gasteiger partial charge in [-0.2, -0.15) is 0 Å². The molecule has 0 saturated heterocycles. The fourth-order valence-corrected chi connectivity index (χ4v) is 2.28. The number of hydrogen-bond acceptors (Lipinski definition) is 3. The van der Waals surface area contributed by atoms with E-state index in [1.165, 1.54) is 0 Å². The van der Waals surface area contributed by atoms with Gasteiger partial charge in [-0.15, -0.1) is 0 Å². The van der Waals surface area contributed by atoms with E-state index >= 15 is 0 Å². The van der Waals surface area contributed by atoms with Crippen LogP contribution in [0, 0.1) is 11.8 Å². The molecule has 66 valence electrons. The van der Waals surface area contributed by atoms with E-state index < -0.39 is 6.10 Å². The standard InChI is InChI=1S/C9H12O3/c10-7-2-5-1-6(3-7)9(12)4-8(5)11/h5-7,10H,1-4H2/t5-,6+,7?. The Morgan fingerprint density at radius 2 is 1.50 bits per heavy atom. The third-order valence-corrected chi connectivity index (χ3v) is 2.94. The van der Waals surface area contributed by atoms with Gasteiger partial charge in [0.15, 0.2) is 0 Å². The lowest BCUT2D eigenvalue weighted by Crippen LogP contribution is -2.40. The summed E-state index contributed by atoms with van der Waals surface area (Å²) in [6.45, 7) is 0. The topological polar surface area (TPSA) is 54.4 Å². The molecule has 12 heavy (non-hydrogen) atoms. The second-order valence-corrected chi connectivity index (χ2v) is 3.86. The van der Waals surface area contributed by atoms with E-state index in [1.807, 2.05) is 0 Å². The van der Waals surface area contributed by atoms with E-state index in [0.29, 0.717) is 19.3 Å². The van der Waals surface area contributed by atoms with Crippen LogP contribution in [0.25, 0.3) is 0 Å². The van der Waals surface area contributed by atoms with Gasteiger partial charge in [-0.1, -0.05) is 0 Å². The number of aliphatic hydroxyl groups excluding tert-OH is 1. The molecule has 0 amide bonds. The molecule has 0 radical (unpaired) electrons. The molecular weight excluding hydrogens is 156 g/mol. The minimum absolute atomic E-state index is 0.0311. The van der Waals surface area contributed by atoms with Crippen LogP contribution in [0.15, 0.2) is 0 Å². The van der Waals surface area contributed by atoms with Crippen molar-refractivity contribution in [3.05, 3.63) is 0 Å². The Kier molecular flexibility index (Phi) is 1.76. The van der Waals surface area contributed by atoms with Gasteiger partial charge >= 0.3 is 0 Å². The number of ketones is 2. The largest absolute Gasteiger partial charge is 0.393 e. The number of fused-ring (bicyclic) bond motifs is 2. The lowest BCUT2D eigenvalue weighted by molar-refractivity contribution is -0.140. The maximum atomic E-state index is 11.2. The zero-order valence-corrected chi connectivity index (χ0v) is 6.82. The molecule has 2 bridgehead atoms. The first kappa shape index (κ1) is 7.92. The molecule has 2 aliphatic carbocycles. The van der Waals surface area contributed by atoms with Crippen molar-refractivity contribution in [3.8, 4) is 0 Å². The molecular formula is C9H12O3. The highest BCUT2D eigenvalue weighted by molar-refractivity contribution is 6.03. The molecule has 1 unspecified atom stereocenters. The summed E-state index contributed by atoms with van der Waals surface area (Å²) in [5.41, 5.74) is 0. The Labute approximate surface area is 70.8 Å². The fraction of sp³-hybridized carbons (Fsp3) is 0.778. The quantitative estimate of drug-likeness (QED) is 0.529. The Hall–Kier alpha value is -0.700. The number of rotatable bonds is 0. The molecule has 2 aliphatic rings. The van der Waals surface area contributed by atoms with Crippen LogP contribution in [0.3, 0.4) is 0 Å². The average molecular weight is 168 g/mol. The molecule has 0 aromatic carbocycles. The van der Waals surface area contributed by atoms with Gasteiger partial charge in [0.05, 0.1) is 12.5 Å². The molecule has 2 fully saturated rings. The van der Waals surface area contributed by atoms with Crippen LogP contribution in [0.1, 0.15) is 25.7 Å². The summed E-state index contributed by atoms with van der Waals surface area (Å²) < 4.78 is 0. The summed E-state index contributed by atoms with van der Waals surface area (Å²) in [7, 11) is 0. The number of carbonyl (C=O) groups excluding carboxylic acids is 2. The number of Topliss-reactive ketones (excluding diaryl/α,β-unsaturated/α-hetero) is 2. The number of carbonyl (C=O) groups is 2. The minimum Gasteiger partial charge on any atom is -0.393 e. The van der Waals surface area contributed by atoms with Crippen LogP contribution in [0.4, 0.5) is 0 Å². The third kappa shape index (κ3) is 1.18. The van der Waals surface area contributed by atoms with Crippen LogP contribution >= 0.6 is 0 Å². The Morgan fingerprint density at radius 3 is 2.00 bits per heavy atom. The normalized spacial score (nSPS) is 41.6. The first-order valence-corrected chi connectivity index (χ1v) is 4.40. The van der Waals surface area contributed by atoms with Gasteiger partial charge < -0.3 is 5.11 Å². The summed E-state index contributed by atoms with van der Waals surface area (Å²) in [5, 5.41) is 9.35. The van der Waals surface area contributed by atoms with Crippen LogP contribution in [-0.2, 0) is 9.59 Å². The fourth-order valence-electron chi connectivity index (χ4n) is 2.28. The molecule has 0 aromatic heterocycles. The van der Waals surface area contributed by atoms with Gasteiger partial charge in [0.1, 0.15) is 11.6 Å². The lowest BCUT2D eigenvalue weighted by Gasteiger charge is -2.34. The van der Waals surface area contributed by atoms with Crippen molar-refractivity contribution in [2.75, 3.05) is 0 Å². The highest BCUT2D eigenvalue weighted by Crippen LogP contribution is 2.35. The smallest absolute Gasteiger partial charge is 0.143 e. The van der Waals surface area contributed by atoms with Gasteiger partial charge in [-0.3, -0.25) is 9.59 Å². The minimum atomic E-state index is -0.429. The zero-order valence-electron chi connectivity index (χ0n) is 6.82. The van der Waals surface area contributed by atoms with E-state index in [0.717, 1.165) is 0 Å². The molecule has 0 heterocycles. The van der Waals surface area contributed by atoms with Crippen molar-refractivity contribution in [3.63, 3.8) is 0 Å². The summed E-state index contributed by atoms with van der Waals surface area (Å²) in [6.07, 6.45) is 1.52. The molecule has 3 heteroatoms. The molecule has 1 N–H and O–H groups in total. The highest BCUT2D eigenvalue weighted by Gasteiger charge is 2.40. The van der Waals surface area contributed by atoms with Gasteiger partial charge in [0.2, 0.25) is 0 Å². The van der Waals surface area contributed by atoms with Crippen LogP contribution in [0.5, 0.6) is 0 Å². The first-order chi connectivity index (χ1) is 5.66. The maximum Gasteiger partial charge on any atom is 0.143 e. The molecule has 0 aliphatic heterocycles. The van der Waals surface area contributed by atoms with E-state index in [2.05, 4.69) is 0 Å². The molecule has 0 aromatic rings. The first-order valence-electron chi connectivity index (χ1n) is 4.40. The average Bonchev–Trinajstić information content (AvgIpc) is 2.01. The van der Waals surface area contributed by atoms with Gasteiger partial charge in [-0.25, -0.2) is 0 Å². The number of aliphatic hydroxyl groups is 1. The summed E-state index contributed by atoms with van der Waals surface area (Å²) >= 11 is 0. The monoisotopic (exact) mass is 168 g/mol. The van der Waals surface area contributed by atoms with Gasteiger partial charge in [-0.05, 0) is 19.3 Å². The lowest BCUT2D eigenvalue weighted by atomic mass is 9.70. The van der Waals surface area contributed by atoms with Crippen LogP contribution in [0.2, 0.25) is 0 Å². The molecule has 3 nitrogen and oxygen atoms in total. The maximum absolute atomic E-state index is 11.2. The summed E-state index contributed by atoms with van der Waals surface area (Å²) in [6, 6.07) is 0. The SMILES string of the molecule is O=C1CC(=O)[C@H]2CC(O)C[C@@H]1C2. The van der Waals surface area contributed by atoms with Gasteiger partial charge in [0.25, 0.3) is 0 Å². The highest BCUT2D eigenvalue weighted by atomic mass is 16.3. The summed E-state index contributed by atoms with van der Waals surface area (Å²) in [4.78, 5) is 22.5. The Balaban J connectivity index is 2.18. The van der Waals surface area contributed by atoms with Crippen molar-refractivity contribution in [2.24, 2.45) is 11.8 Å². The van der Waals surface area contributed by atoms with E-state index in [1.54, 1.807) is 0 Å². The molecule has 2 rings (SSSR count). The van der Waals surface area contributed by atoms with Crippen molar-refractivity contribution in [1.82, 2.24) is 0 Å². The second-order valence-electron chi connectivity index (χ2n) is 3.86. The van der Waals surface area contributed by atoms with E-state index in [4.69, 9.17) is 0 Å². The van der Waals surface area contributed by atoms with Crippen molar-refractivity contribution < 1.29 is 14.7 Å². The third-order valence-electron chi connectivity index (χ3n) is 2.94. The molecule has 0 spiro atoms. The zero-order chi connectivity index (χ0) is 8.72. The Morgan fingerprint density at radius 1 is 1.00 bits per heavy atom. The van der Waals surface area contributed by atoms with Gasteiger partial charge in [0, 0.05) is 11.8 Å². The Bertz CT molecular complexity index is 212. The van der Waals surface area contributed by atoms with E-state index in [-0.39, 0.29) is 29.8 Å². The second kappa shape index (κ2) is 2.66.